The predicted molar refractivity (Wildman–Crippen MR) is 70.3 cm³/mol. The van der Waals surface area contributed by atoms with Crippen LogP contribution < -0.4 is 5.73 Å². The van der Waals surface area contributed by atoms with E-state index in [1.807, 2.05) is 0 Å². The minimum absolute atomic E-state index is 0.147. The van der Waals surface area contributed by atoms with Crippen LogP contribution in [0, 0.1) is 17.2 Å². The first-order chi connectivity index (χ1) is 7.95. The lowest BCUT2D eigenvalue weighted by Crippen LogP contribution is -2.30. The van der Waals surface area contributed by atoms with E-state index in [0.717, 1.165) is 0 Å². The Morgan fingerprint density at radius 1 is 1.65 bits per heavy atom. The van der Waals surface area contributed by atoms with Crippen LogP contribution in [0.25, 0.3) is 0 Å². The Hall–Kier alpha value is -1.54. The molecule has 1 unspecified atom stereocenters. The number of carbonyl (C=O) groups excluding carboxylic acids is 1. The Labute approximate surface area is 109 Å². The second-order valence-corrected chi connectivity index (χ2v) is 4.81. The smallest absolute Gasteiger partial charge is 0.254 e. The van der Waals surface area contributed by atoms with Gasteiger partial charge in [0.25, 0.3) is 5.91 Å². The minimum atomic E-state index is -0.191. The minimum Gasteiger partial charge on any atom is -0.399 e. The number of nitriles is 1. The second kappa shape index (κ2) is 5.69. The fraction of sp³-hybridized carbons (Fsp3) is 0.333. The summed E-state index contributed by atoms with van der Waals surface area (Å²) >= 11 is 3.31. The summed E-state index contributed by atoms with van der Waals surface area (Å²) in [6, 6.07) is 7.18. The van der Waals surface area contributed by atoms with Crippen molar-refractivity contribution in [3.63, 3.8) is 0 Å². The summed E-state index contributed by atoms with van der Waals surface area (Å²) in [5, 5.41) is 8.72. The fourth-order valence-electron chi connectivity index (χ4n) is 1.45. The fourth-order valence-corrected chi connectivity index (χ4v) is 1.86. The Balaban J connectivity index is 2.89. The van der Waals surface area contributed by atoms with Gasteiger partial charge in [-0.1, -0.05) is 0 Å². The molecule has 1 aromatic rings. The van der Waals surface area contributed by atoms with Gasteiger partial charge >= 0.3 is 0 Å². The van der Waals surface area contributed by atoms with Crippen molar-refractivity contribution >= 4 is 27.5 Å². The number of nitrogens with zero attached hydrogens (tertiary/aromatic N) is 2. The van der Waals surface area contributed by atoms with Crippen molar-refractivity contribution in [2.75, 3.05) is 19.3 Å². The molecule has 0 heterocycles. The van der Waals surface area contributed by atoms with Gasteiger partial charge < -0.3 is 10.6 Å². The highest BCUT2D eigenvalue weighted by Gasteiger charge is 2.16. The number of nitrogen functional groups attached to an aromatic ring is 1. The number of hydrogen-bond donors (Lipinski definition) is 1. The van der Waals surface area contributed by atoms with E-state index in [0.29, 0.717) is 22.3 Å². The Morgan fingerprint density at radius 2 is 2.29 bits per heavy atom. The SMILES string of the molecule is CC(C#N)CN(C)C(=O)c1cc(N)ccc1Br. The van der Waals surface area contributed by atoms with E-state index in [9.17, 15) is 4.79 Å². The maximum atomic E-state index is 12.1. The van der Waals surface area contributed by atoms with Crippen LogP contribution >= 0.6 is 15.9 Å². The van der Waals surface area contributed by atoms with Crippen LogP contribution in [0.1, 0.15) is 17.3 Å². The Bertz CT molecular complexity index is 467. The van der Waals surface area contributed by atoms with E-state index < -0.39 is 0 Å². The summed E-state index contributed by atoms with van der Waals surface area (Å²) in [6.07, 6.45) is 0. The highest BCUT2D eigenvalue weighted by molar-refractivity contribution is 9.10. The highest BCUT2D eigenvalue weighted by atomic mass is 79.9. The van der Waals surface area contributed by atoms with Gasteiger partial charge in [-0.3, -0.25) is 4.79 Å². The molecule has 17 heavy (non-hydrogen) atoms. The van der Waals surface area contributed by atoms with Gasteiger partial charge in [0, 0.05) is 23.8 Å². The zero-order valence-corrected chi connectivity index (χ0v) is 11.4. The first kappa shape index (κ1) is 13.5. The van der Waals surface area contributed by atoms with Gasteiger partial charge in [0.2, 0.25) is 0 Å². The van der Waals surface area contributed by atoms with Crippen molar-refractivity contribution in [3.8, 4) is 6.07 Å². The van der Waals surface area contributed by atoms with Crippen molar-refractivity contribution in [1.82, 2.24) is 4.90 Å². The third-order valence-corrected chi connectivity index (χ3v) is 3.03. The molecule has 1 rings (SSSR count). The summed E-state index contributed by atoms with van der Waals surface area (Å²) in [7, 11) is 1.67. The molecule has 0 aliphatic rings. The number of rotatable bonds is 3. The van der Waals surface area contributed by atoms with Crippen LogP contribution in [-0.2, 0) is 0 Å². The van der Waals surface area contributed by atoms with E-state index in [1.54, 1.807) is 32.2 Å². The van der Waals surface area contributed by atoms with Gasteiger partial charge in [0.1, 0.15) is 0 Å². The molecule has 0 spiro atoms. The molecule has 5 heteroatoms. The first-order valence-electron chi connectivity index (χ1n) is 5.15. The Morgan fingerprint density at radius 3 is 2.88 bits per heavy atom. The molecule has 1 aromatic carbocycles. The van der Waals surface area contributed by atoms with Crippen LogP contribution in [0.4, 0.5) is 5.69 Å². The standard InChI is InChI=1S/C12H14BrN3O/c1-8(6-14)7-16(2)12(17)10-5-9(15)3-4-11(10)13/h3-5,8H,7,15H2,1-2H3. The largest absolute Gasteiger partial charge is 0.399 e. The van der Waals surface area contributed by atoms with E-state index >= 15 is 0 Å². The maximum Gasteiger partial charge on any atom is 0.254 e. The van der Waals surface area contributed by atoms with Crippen molar-refractivity contribution in [2.24, 2.45) is 5.92 Å². The van der Waals surface area contributed by atoms with Crippen LogP contribution in [0.3, 0.4) is 0 Å². The van der Waals surface area contributed by atoms with Crippen molar-refractivity contribution in [3.05, 3.63) is 28.2 Å². The number of benzene rings is 1. The van der Waals surface area contributed by atoms with Gasteiger partial charge in [0.15, 0.2) is 0 Å². The molecule has 0 aliphatic carbocycles. The molecule has 2 N–H and O–H groups in total. The van der Waals surface area contributed by atoms with Gasteiger partial charge in [-0.25, -0.2) is 0 Å². The van der Waals surface area contributed by atoms with E-state index in [-0.39, 0.29) is 11.8 Å². The van der Waals surface area contributed by atoms with Crippen LogP contribution in [0.2, 0.25) is 0 Å². The lowest BCUT2D eigenvalue weighted by Gasteiger charge is -2.19. The molecular weight excluding hydrogens is 282 g/mol. The molecule has 0 fully saturated rings. The summed E-state index contributed by atoms with van der Waals surface area (Å²) in [5.41, 5.74) is 6.70. The monoisotopic (exact) mass is 295 g/mol. The number of carbonyl (C=O) groups is 1. The molecule has 0 radical (unpaired) electrons. The summed E-state index contributed by atoms with van der Waals surface area (Å²) < 4.78 is 0.702. The molecule has 4 nitrogen and oxygen atoms in total. The summed E-state index contributed by atoms with van der Waals surface area (Å²) in [6.45, 7) is 2.18. The van der Waals surface area contributed by atoms with E-state index in [2.05, 4.69) is 22.0 Å². The van der Waals surface area contributed by atoms with Crippen LogP contribution in [0.5, 0.6) is 0 Å². The zero-order chi connectivity index (χ0) is 13.0. The van der Waals surface area contributed by atoms with Crippen molar-refractivity contribution in [2.45, 2.75) is 6.92 Å². The van der Waals surface area contributed by atoms with Gasteiger partial charge in [-0.2, -0.15) is 5.26 Å². The first-order valence-corrected chi connectivity index (χ1v) is 5.95. The molecule has 0 saturated heterocycles. The molecule has 0 saturated carbocycles. The van der Waals surface area contributed by atoms with Crippen LogP contribution in [0.15, 0.2) is 22.7 Å². The second-order valence-electron chi connectivity index (χ2n) is 3.96. The molecule has 1 atom stereocenters. The molecule has 1 amide bonds. The van der Waals surface area contributed by atoms with Crippen LogP contribution in [-0.4, -0.2) is 24.4 Å². The number of halogens is 1. The van der Waals surface area contributed by atoms with Crippen molar-refractivity contribution in [1.29, 1.82) is 5.26 Å². The topological polar surface area (TPSA) is 70.1 Å². The number of amides is 1. The molecule has 0 bridgehead atoms. The average Bonchev–Trinajstić information content (AvgIpc) is 2.31. The maximum absolute atomic E-state index is 12.1. The van der Waals surface area contributed by atoms with E-state index in [4.69, 9.17) is 11.0 Å². The summed E-state index contributed by atoms with van der Waals surface area (Å²) in [5.74, 6) is -0.338. The van der Waals surface area contributed by atoms with Gasteiger partial charge in [-0.15, -0.1) is 0 Å². The summed E-state index contributed by atoms with van der Waals surface area (Å²) in [4.78, 5) is 13.6. The molecular formula is C12H14BrN3O. The third-order valence-electron chi connectivity index (χ3n) is 2.34. The molecule has 90 valence electrons. The molecule has 0 aromatic heterocycles. The predicted octanol–water partition coefficient (Wildman–Crippen LogP) is 2.26. The average molecular weight is 296 g/mol. The number of nitrogens with two attached hydrogens (primary N) is 1. The van der Waals surface area contributed by atoms with Crippen molar-refractivity contribution < 1.29 is 4.79 Å². The normalized spacial score (nSPS) is 11.6. The Kier molecular flexibility index (Phi) is 4.53. The lowest BCUT2D eigenvalue weighted by atomic mass is 10.1. The van der Waals surface area contributed by atoms with Gasteiger partial charge in [-0.05, 0) is 41.1 Å². The lowest BCUT2D eigenvalue weighted by molar-refractivity contribution is 0.0784. The number of anilines is 1. The highest BCUT2D eigenvalue weighted by Crippen LogP contribution is 2.21. The molecule has 0 aliphatic heterocycles. The number of hydrogen-bond acceptors (Lipinski definition) is 3. The quantitative estimate of drug-likeness (QED) is 0.870. The third kappa shape index (κ3) is 3.46. The zero-order valence-electron chi connectivity index (χ0n) is 9.77. The van der Waals surface area contributed by atoms with Gasteiger partial charge in [0.05, 0.1) is 17.6 Å². The van der Waals surface area contributed by atoms with E-state index in [1.165, 1.54) is 4.90 Å².